The van der Waals surface area contributed by atoms with Crippen molar-refractivity contribution in [1.82, 2.24) is 10.6 Å². The van der Waals surface area contributed by atoms with E-state index in [9.17, 15) is 21.6 Å². The Morgan fingerprint density at radius 1 is 1.22 bits per heavy atom. The monoisotopic (exact) mass is 420 g/mol. The summed E-state index contributed by atoms with van der Waals surface area (Å²) in [7, 11) is -3.74. The standard InChI is InChI=1S/C16H19F3N4O2S2/c1-2-21-15(23-10-13-6-7-14(26-13)27(20,24)25)22-9-11-4-3-5-12(8-11)16(17,18)19/h3-8H,2,9-10H2,1H3,(H2,20,24,25)(H2,21,22,23). The van der Waals surface area contributed by atoms with Gasteiger partial charge in [-0.1, -0.05) is 12.1 Å². The van der Waals surface area contributed by atoms with Gasteiger partial charge in [-0.3, -0.25) is 0 Å². The molecule has 0 saturated heterocycles. The first-order chi connectivity index (χ1) is 12.6. The van der Waals surface area contributed by atoms with Crippen LogP contribution in [0.25, 0.3) is 0 Å². The third-order valence-corrected chi connectivity index (χ3v) is 5.89. The zero-order chi connectivity index (χ0) is 20.1. The Labute approximate surface area is 159 Å². The minimum absolute atomic E-state index is 0.0604. The number of alkyl halides is 3. The topological polar surface area (TPSA) is 96.6 Å². The van der Waals surface area contributed by atoms with Crippen LogP contribution in [-0.2, 0) is 29.3 Å². The summed E-state index contributed by atoms with van der Waals surface area (Å²) in [4.78, 5) is 4.99. The van der Waals surface area contributed by atoms with Gasteiger partial charge in [-0.15, -0.1) is 11.3 Å². The number of halogens is 3. The summed E-state index contributed by atoms with van der Waals surface area (Å²) >= 11 is 1.04. The molecule has 1 aromatic carbocycles. The zero-order valence-corrected chi connectivity index (χ0v) is 16.0. The largest absolute Gasteiger partial charge is 0.416 e. The molecule has 0 spiro atoms. The molecule has 1 aromatic heterocycles. The summed E-state index contributed by atoms with van der Waals surface area (Å²) in [6.07, 6.45) is -4.40. The number of nitrogens with zero attached hydrogens (tertiary/aromatic N) is 1. The summed E-state index contributed by atoms with van der Waals surface area (Å²) in [5.41, 5.74) is -0.295. The first-order valence-electron chi connectivity index (χ1n) is 7.89. The molecule has 4 N–H and O–H groups in total. The Balaban J connectivity index is 2.05. The number of hydrogen-bond donors (Lipinski definition) is 3. The van der Waals surface area contributed by atoms with E-state index in [4.69, 9.17) is 5.14 Å². The second kappa shape index (κ2) is 8.72. The number of hydrogen-bond acceptors (Lipinski definition) is 4. The molecule has 2 aromatic rings. The number of thiophene rings is 1. The van der Waals surface area contributed by atoms with Crippen LogP contribution in [0.2, 0.25) is 0 Å². The van der Waals surface area contributed by atoms with Crippen LogP contribution in [-0.4, -0.2) is 20.9 Å². The van der Waals surface area contributed by atoms with Gasteiger partial charge >= 0.3 is 6.18 Å². The van der Waals surface area contributed by atoms with Gasteiger partial charge < -0.3 is 10.6 Å². The van der Waals surface area contributed by atoms with Gasteiger partial charge in [-0.2, -0.15) is 13.2 Å². The van der Waals surface area contributed by atoms with Crippen LogP contribution >= 0.6 is 11.3 Å². The van der Waals surface area contributed by atoms with Crippen LogP contribution in [0, 0.1) is 0 Å². The molecule has 0 saturated carbocycles. The van der Waals surface area contributed by atoms with Crippen LogP contribution < -0.4 is 15.8 Å². The van der Waals surface area contributed by atoms with Crippen LogP contribution in [0.1, 0.15) is 22.9 Å². The highest BCUT2D eigenvalue weighted by Crippen LogP contribution is 2.29. The average molecular weight is 420 g/mol. The molecule has 148 valence electrons. The highest BCUT2D eigenvalue weighted by molar-refractivity contribution is 7.91. The van der Waals surface area contributed by atoms with Gasteiger partial charge in [0.2, 0.25) is 10.0 Å². The first-order valence-corrected chi connectivity index (χ1v) is 10.3. The van der Waals surface area contributed by atoms with Crippen molar-refractivity contribution in [1.29, 1.82) is 0 Å². The third-order valence-electron chi connectivity index (χ3n) is 3.37. The normalized spacial score (nSPS) is 12.9. The highest BCUT2D eigenvalue weighted by atomic mass is 32.2. The molecule has 0 amide bonds. The molecule has 11 heteroatoms. The SMILES string of the molecule is CCNC(=NCc1cccc(C(F)(F)F)c1)NCc1ccc(S(N)(=O)=O)s1. The van der Waals surface area contributed by atoms with Crippen LogP contribution in [0.4, 0.5) is 13.2 Å². The van der Waals surface area contributed by atoms with Crippen molar-refractivity contribution in [3.63, 3.8) is 0 Å². The first kappa shape index (κ1) is 21.2. The van der Waals surface area contributed by atoms with Crippen LogP contribution in [0.15, 0.2) is 45.6 Å². The van der Waals surface area contributed by atoms with E-state index in [-0.39, 0.29) is 10.8 Å². The fraction of sp³-hybridized carbons (Fsp3) is 0.312. The van der Waals surface area contributed by atoms with Crippen molar-refractivity contribution in [2.24, 2.45) is 10.1 Å². The van der Waals surface area contributed by atoms with E-state index >= 15 is 0 Å². The molecule has 0 aliphatic carbocycles. The average Bonchev–Trinajstić information content (AvgIpc) is 3.06. The van der Waals surface area contributed by atoms with Crippen LogP contribution in [0.5, 0.6) is 0 Å². The van der Waals surface area contributed by atoms with E-state index < -0.39 is 21.8 Å². The van der Waals surface area contributed by atoms with Crippen molar-refractivity contribution in [2.75, 3.05) is 6.54 Å². The lowest BCUT2D eigenvalue weighted by Crippen LogP contribution is -2.36. The fourth-order valence-corrected chi connectivity index (χ4v) is 3.85. The van der Waals surface area contributed by atoms with Crippen molar-refractivity contribution in [3.05, 3.63) is 52.4 Å². The Bertz CT molecular complexity index is 908. The van der Waals surface area contributed by atoms with Gasteiger partial charge in [-0.05, 0) is 36.8 Å². The van der Waals surface area contributed by atoms with E-state index in [1.807, 2.05) is 6.92 Å². The number of sulfonamides is 1. The predicted octanol–water partition coefficient (Wildman–Crippen LogP) is 2.67. The number of primary sulfonamides is 1. The zero-order valence-electron chi connectivity index (χ0n) is 14.4. The number of benzene rings is 1. The molecule has 6 nitrogen and oxygen atoms in total. The Hall–Kier alpha value is -2.11. The number of nitrogens with two attached hydrogens (primary N) is 1. The second-order valence-electron chi connectivity index (χ2n) is 5.51. The second-order valence-corrected chi connectivity index (χ2v) is 8.47. The Morgan fingerprint density at radius 2 is 1.96 bits per heavy atom. The van der Waals surface area contributed by atoms with E-state index in [0.717, 1.165) is 28.3 Å². The van der Waals surface area contributed by atoms with Crippen molar-refractivity contribution >= 4 is 27.3 Å². The summed E-state index contributed by atoms with van der Waals surface area (Å²) in [5, 5.41) is 11.1. The highest BCUT2D eigenvalue weighted by Gasteiger charge is 2.30. The summed E-state index contributed by atoms with van der Waals surface area (Å²) in [6.45, 7) is 2.77. The maximum Gasteiger partial charge on any atom is 0.416 e. The maximum absolute atomic E-state index is 12.8. The van der Waals surface area contributed by atoms with Gasteiger partial charge in [0, 0.05) is 11.4 Å². The van der Waals surface area contributed by atoms with Gasteiger partial charge in [0.1, 0.15) is 4.21 Å². The summed E-state index contributed by atoms with van der Waals surface area (Å²) in [6, 6.07) is 8.03. The molecule has 0 fully saturated rings. The molecule has 0 aliphatic rings. The Kier molecular flexibility index (Phi) is 6.84. The summed E-state index contributed by atoms with van der Waals surface area (Å²) in [5.74, 6) is 0.403. The van der Waals surface area contributed by atoms with E-state index in [1.165, 1.54) is 12.1 Å². The van der Waals surface area contributed by atoms with Crippen LogP contribution in [0.3, 0.4) is 0 Å². The quantitative estimate of drug-likeness (QED) is 0.495. The molecule has 0 radical (unpaired) electrons. The molecule has 1 heterocycles. The predicted molar refractivity (Wildman–Crippen MR) is 98.8 cm³/mol. The molecule has 0 atom stereocenters. The molecule has 0 unspecified atom stereocenters. The maximum atomic E-state index is 12.8. The molecule has 2 rings (SSSR count). The number of rotatable bonds is 6. The molecule has 0 aliphatic heterocycles. The Morgan fingerprint density at radius 3 is 2.56 bits per heavy atom. The lowest BCUT2D eigenvalue weighted by atomic mass is 10.1. The molecular weight excluding hydrogens is 401 g/mol. The number of nitrogens with one attached hydrogen (secondary N) is 2. The van der Waals surface area contributed by atoms with Crippen molar-refractivity contribution < 1.29 is 21.6 Å². The molecule has 27 heavy (non-hydrogen) atoms. The lowest BCUT2D eigenvalue weighted by molar-refractivity contribution is -0.137. The van der Waals surface area contributed by atoms with Crippen molar-refractivity contribution in [2.45, 2.75) is 30.4 Å². The van der Waals surface area contributed by atoms with E-state index in [1.54, 1.807) is 12.1 Å². The molecular formula is C16H19F3N4O2S2. The van der Waals surface area contributed by atoms with Gasteiger partial charge in [0.15, 0.2) is 5.96 Å². The van der Waals surface area contributed by atoms with E-state index in [0.29, 0.717) is 24.6 Å². The number of guanidine groups is 1. The lowest BCUT2D eigenvalue weighted by Gasteiger charge is -2.11. The minimum atomic E-state index is -4.40. The number of aliphatic imine (C=N–C) groups is 1. The summed E-state index contributed by atoms with van der Waals surface area (Å²) < 4.78 is 61.0. The van der Waals surface area contributed by atoms with Crippen molar-refractivity contribution in [3.8, 4) is 0 Å². The van der Waals surface area contributed by atoms with Gasteiger partial charge in [-0.25, -0.2) is 18.5 Å². The van der Waals surface area contributed by atoms with Gasteiger partial charge in [0.05, 0.1) is 18.7 Å². The van der Waals surface area contributed by atoms with Gasteiger partial charge in [0.25, 0.3) is 0 Å². The minimum Gasteiger partial charge on any atom is -0.357 e. The molecule has 0 bridgehead atoms. The van der Waals surface area contributed by atoms with E-state index in [2.05, 4.69) is 15.6 Å². The fourth-order valence-electron chi connectivity index (χ4n) is 2.14. The third kappa shape index (κ3) is 6.52. The smallest absolute Gasteiger partial charge is 0.357 e.